The third kappa shape index (κ3) is 2.25. The minimum Gasteiger partial charge on any atom is -0.476 e. The van der Waals surface area contributed by atoms with Crippen LogP contribution in [0.5, 0.6) is 5.88 Å². The maximum Gasteiger partial charge on any atom is 0.411 e. The minimum atomic E-state index is -4.50. The van der Waals surface area contributed by atoms with Gasteiger partial charge in [-0.25, -0.2) is 4.98 Å². The predicted octanol–water partition coefficient (Wildman–Crippen LogP) is 1.90. The lowest BCUT2D eigenvalue weighted by Gasteiger charge is -2.21. The number of nitrogens with one attached hydrogen (secondary N) is 1. The second-order valence-electron chi connectivity index (χ2n) is 4.04. The Kier molecular flexibility index (Phi) is 2.95. The van der Waals surface area contributed by atoms with Gasteiger partial charge < -0.3 is 10.1 Å². The second-order valence-corrected chi connectivity index (χ2v) is 4.04. The van der Waals surface area contributed by atoms with E-state index in [1.54, 1.807) is 0 Å². The molecule has 0 bridgehead atoms. The first-order valence-electron chi connectivity index (χ1n) is 5.19. The van der Waals surface area contributed by atoms with Crippen molar-refractivity contribution < 1.29 is 22.8 Å². The Labute approximate surface area is 105 Å². The lowest BCUT2D eigenvalue weighted by molar-refractivity contribution is -0.385. The van der Waals surface area contributed by atoms with E-state index >= 15 is 0 Å². The second kappa shape index (κ2) is 4.21. The van der Waals surface area contributed by atoms with Crippen LogP contribution in [0, 0.1) is 10.1 Å². The lowest BCUT2D eigenvalue weighted by atomic mass is 10.2. The number of nitro groups is 1. The molecule has 1 aliphatic rings. The van der Waals surface area contributed by atoms with Gasteiger partial charge in [-0.3, -0.25) is 10.1 Å². The first-order chi connectivity index (χ1) is 8.81. The molecular weight excluding hydrogens is 269 g/mol. The molecule has 104 valence electrons. The Morgan fingerprint density at radius 1 is 1.47 bits per heavy atom. The van der Waals surface area contributed by atoms with Crippen molar-refractivity contribution in [2.75, 3.05) is 12.4 Å². The van der Waals surface area contributed by atoms with E-state index in [1.165, 1.54) is 0 Å². The highest BCUT2D eigenvalue weighted by molar-refractivity contribution is 5.63. The van der Waals surface area contributed by atoms with Crippen molar-refractivity contribution in [3.8, 4) is 5.88 Å². The summed E-state index contributed by atoms with van der Waals surface area (Å²) in [5, 5.41) is 13.0. The number of ether oxygens (including phenoxy) is 1. The van der Waals surface area contributed by atoms with Crippen LogP contribution in [0.15, 0.2) is 6.33 Å². The topological polar surface area (TPSA) is 90.2 Å². The summed E-state index contributed by atoms with van der Waals surface area (Å²) in [6, 6.07) is 0. The first-order valence-corrected chi connectivity index (χ1v) is 5.19. The number of hydrogen-bond acceptors (Lipinski definition) is 6. The molecule has 0 spiro atoms. The molecule has 7 nitrogen and oxygen atoms in total. The molecule has 1 saturated carbocycles. The Morgan fingerprint density at radius 3 is 2.53 bits per heavy atom. The van der Waals surface area contributed by atoms with Gasteiger partial charge in [0.2, 0.25) is 5.82 Å². The van der Waals surface area contributed by atoms with Crippen LogP contribution >= 0.6 is 0 Å². The van der Waals surface area contributed by atoms with Crippen molar-refractivity contribution >= 4 is 11.5 Å². The normalized spacial score (nSPS) is 16.8. The largest absolute Gasteiger partial charge is 0.476 e. The molecule has 0 aliphatic heterocycles. The van der Waals surface area contributed by atoms with E-state index in [-0.39, 0.29) is 18.7 Å². The zero-order valence-electron chi connectivity index (χ0n) is 9.69. The molecule has 1 aromatic rings. The molecule has 1 aromatic heterocycles. The quantitative estimate of drug-likeness (QED) is 0.668. The minimum absolute atomic E-state index is 0.153. The summed E-state index contributed by atoms with van der Waals surface area (Å²) in [7, 11) is 1.13. The van der Waals surface area contributed by atoms with Crippen LogP contribution in [-0.2, 0) is 0 Å². The Balaban J connectivity index is 2.39. The summed E-state index contributed by atoms with van der Waals surface area (Å²) >= 11 is 0. The molecule has 1 fully saturated rings. The molecule has 0 aromatic carbocycles. The maximum atomic E-state index is 12.8. The highest BCUT2D eigenvalue weighted by atomic mass is 19.4. The molecule has 0 amide bonds. The van der Waals surface area contributed by atoms with Crippen molar-refractivity contribution in [2.45, 2.75) is 24.6 Å². The third-order valence-corrected chi connectivity index (χ3v) is 2.81. The zero-order chi connectivity index (χ0) is 14.3. The highest BCUT2D eigenvalue weighted by Crippen LogP contribution is 2.52. The number of anilines is 1. The molecule has 0 radical (unpaired) electrons. The van der Waals surface area contributed by atoms with Crippen LogP contribution in [-0.4, -0.2) is 33.7 Å². The molecule has 1 aliphatic carbocycles. The maximum absolute atomic E-state index is 12.8. The number of nitrogens with zero attached hydrogens (tertiary/aromatic N) is 3. The van der Waals surface area contributed by atoms with Crippen molar-refractivity contribution in [2.24, 2.45) is 0 Å². The van der Waals surface area contributed by atoms with E-state index in [0.29, 0.717) is 0 Å². The van der Waals surface area contributed by atoms with Crippen LogP contribution in [0.25, 0.3) is 0 Å². The van der Waals surface area contributed by atoms with Crippen LogP contribution < -0.4 is 10.1 Å². The number of alkyl halides is 3. The number of hydrogen-bond donors (Lipinski definition) is 1. The Morgan fingerprint density at radius 2 is 2.11 bits per heavy atom. The Bertz CT molecular complexity index is 516. The van der Waals surface area contributed by atoms with E-state index in [2.05, 4.69) is 20.0 Å². The monoisotopic (exact) mass is 278 g/mol. The third-order valence-electron chi connectivity index (χ3n) is 2.81. The zero-order valence-corrected chi connectivity index (χ0v) is 9.69. The van der Waals surface area contributed by atoms with Gasteiger partial charge in [-0.2, -0.15) is 18.2 Å². The van der Waals surface area contributed by atoms with Crippen LogP contribution in [0.3, 0.4) is 0 Å². The smallest absolute Gasteiger partial charge is 0.411 e. The number of halogens is 3. The van der Waals surface area contributed by atoms with E-state index in [1.807, 2.05) is 0 Å². The SMILES string of the molecule is COc1ncnc(NC2(C(F)(F)F)CC2)c1[N+](=O)[O-]. The van der Waals surface area contributed by atoms with Crippen molar-refractivity contribution in [3.05, 3.63) is 16.4 Å². The summed E-state index contributed by atoms with van der Waals surface area (Å²) in [6.45, 7) is 0. The fraction of sp³-hybridized carbons (Fsp3) is 0.556. The summed E-state index contributed by atoms with van der Waals surface area (Å²) in [5.74, 6) is -0.882. The van der Waals surface area contributed by atoms with Crippen LogP contribution in [0.4, 0.5) is 24.7 Å². The molecule has 0 unspecified atom stereocenters. The van der Waals surface area contributed by atoms with Gasteiger partial charge in [0.1, 0.15) is 11.9 Å². The molecule has 0 saturated heterocycles. The summed E-state index contributed by atoms with van der Waals surface area (Å²) < 4.78 is 43.0. The lowest BCUT2D eigenvalue weighted by Crippen LogP contribution is -2.39. The molecule has 2 rings (SSSR count). The van der Waals surface area contributed by atoms with Gasteiger partial charge in [-0.15, -0.1) is 0 Å². The number of methoxy groups -OCH3 is 1. The van der Waals surface area contributed by atoms with Crippen molar-refractivity contribution in [1.82, 2.24) is 9.97 Å². The summed E-state index contributed by atoms with van der Waals surface area (Å²) in [4.78, 5) is 17.0. The molecule has 0 atom stereocenters. The average Bonchev–Trinajstić information content (AvgIpc) is 3.08. The fourth-order valence-corrected chi connectivity index (χ4v) is 1.60. The summed E-state index contributed by atoms with van der Waals surface area (Å²) in [5.41, 5.74) is -2.85. The van der Waals surface area contributed by atoms with E-state index in [9.17, 15) is 23.3 Å². The van der Waals surface area contributed by atoms with Gasteiger partial charge in [0, 0.05) is 0 Å². The number of aromatic nitrogens is 2. The van der Waals surface area contributed by atoms with Crippen molar-refractivity contribution in [1.29, 1.82) is 0 Å². The standard InChI is InChI=1S/C9H9F3N4O3/c1-19-7-5(16(17)18)6(13-4-14-7)15-8(2-3-8)9(10,11)12/h4H,2-3H2,1H3,(H,13,14,15). The highest BCUT2D eigenvalue weighted by Gasteiger charge is 2.64. The first kappa shape index (κ1) is 13.3. The van der Waals surface area contributed by atoms with Gasteiger partial charge in [0.25, 0.3) is 5.88 Å². The Hall–Kier alpha value is -2.13. The predicted molar refractivity (Wildman–Crippen MR) is 56.9 cm³/mol. The molecular formula is C9H9F3N4O3. The fourth-order valence-electron chi connectivity index (χ4n) is 1.60. The number of rotatable bonds is 4. The molecule has 10 heteroatoms. The van der Waals surface area contributed by atoms with E-state index in [0.717, 1.165) is 13.4 Å². The van der Waals surface area contributed by atoms with Crippen LogP contribution in [0.1, 0.15) is 12.8 Å². The summed E-state index contributed by atoms with van der Waals surface area (Å²) in [6.07, 6.45) is -3.90. The molecule has 1 heterocycles. The molecule has 19 heavy (non-hydrogen) atoms. The average molecular weight is 278 g/mol. The van der Waals surface area contributed by atoms with Gasteiger partial charge >= 0.3 is 11.9 Å². The van der Waals surface area contributed by atoms with Crippen molar-refractivity contribution in [3.63, 3.8) is 0 Å². The van der Waals surface area contributed by atoms with Gasteiger partial charge in [-0.1, -0.05) is 0 Å². The van der Waals surface area contributed by atoms with Gasteiger partial charge in [-0.05, 0) is 12.8 Å². The van der Waals surface area contributed by atoms with Gasteiger partial charge in [0.05, 0.1) is 12.0 Å². The van der Waals surface area contributed by atoms with Crippen LogP contribution in [0.2, 0.25) is 0 Å². The van der Waals surface area contributed by atoms with E-state index in [4.69, 9.17) is 0 Å². The van der Waals surface area contributed by atoms with Gasteiger partial charge in [0.15, 0.2) is 0 Å². The van der Waals surface area contributed by atoms with E-state index < -0.39 is 28.1 Å². The molecule has 1 N–H and O–H groups in total.